The van der Waals surface area contributed by atoms with Gasteiger partial charge in [-0.05, 0) is 31.0 Å². The first-order valence-corrected chi connectivity index (χ1v) is 8.98. The molecule has 0 saturated carbocycles. The highest BCUT2D eigenvalue weighted by Crippen LogP contribution is 2.29. The fourth-order valence-corrected chi connectivity index (χ4v) is 3.22. The molecule has 2 heteroatoms. The summed E-state index contributed by atoms with van der Waals surface area (Å²) in [4.78, 5) is 0. The van der Waals surface area contributed by atoms with E-state index in [0.29, 0.717) is 6.04 Å². The minimum Gasteiger partial charge on any atom is -0.310 e. The van der Waals surface area contributed by atoms with E-state index >= 15 is 0 Å². The Hall–Kier alpha value is -0.340. The van der Waals surface area contributed by atoms with Crippen LogP contribution < -0.4 is 5.32 Å². The molecular formula is C18H30BrN. The van der Waals surface area contributed by atoms with Gasteiger partial charge >= 0.3 is 0 Å². The van der Waals surface area contributed by atoms with Gasteiger partial charge in [-0.2, -0.15) is 0 Å². The molecule has 0 saturated heterocycles. The summed E-state index contributed by atoms with van der Waals surface area (Å²) in [6.45, 7) is 7.66. The van der Waals surface area contributed by atoms with Crippen LogP contribution in [0.25, 0.3) is 0 Å². The summed E-state index contributed by atoms with van der Waals surface area (Å²) in [6, 6.07) is 7.07. The van der Waals surface area contributed by atoms with Crippen LogP contribution >= 0.6 is 15.9 Å². The first-order chi connectivity index (χ1) is 9.70. The van der Waals surface area contributed by atoms with Gasteiger partial charge < -0.3 is 5.32 Å². The monoisotopic (exact) mass is 339 g/mol. The highest BCUT2D eigenvalue weighted by atomic mass is 79.9. The number of hydrogen-bond donors (Lipinski definition) is 1. The van der Waals surface area contributed by atoms with E-state index in [1.807, 2.05) is 0 Å². The molecule has 0 aliphatic heterocycles. The van der Waals surface area contributed by atoms with Crippen molar-refractivity contribution in [1.29, 1.82) is 0 Å². The van der Waals surface area contributed by atoms with E-state index in [9.17, 15) is 0 Å². The van der Waals surface area contributed by atoms with Gasteiger partial charge in [0.05, 0.1) is 0 Å². The summed E-state index contributed by atoms with van der Waals surface area (Å²) in [6.07, 6.45) is 9.43. The smallest absolute Gasteiger partial charge is 0.0331 e. The Labute approximate surface area is 133 Å². The second kappa shape index (κ2) is 10.4. The van der Waals surface area contributed by atoms with Crippen LogP contribution in [0.4, 0.5) is 0 Å². The standard InChI is InChI=1S/C18H30BrN/c1-4-6-7-8-9-10-14-17(20-5-2)16-13-11-12-15(3)18(16)19/h11-13,17,20H,4-10,14H2,1-3H3. The zero-order valence-corrected chi connectivity index (χ0v) is 14.9. The van der Waals surface area contributed by atoms with Crippen LogP contribution in [0.3, 0.4) is 0 Å². The van der Waals surface area contributed by atoms with Crippen LogP contribution in [-0.2, 0) is 0 Å². The van der Waals surface area contributed by atoms with Crippen molar-refractivity contribution < 1.29 is 0 Å². The zero-order valence-electron chi connectivity index (χ0n) is 13.3. The molecule has 1 atom stereocenters. The molecule has 1 aromatic rings. The number of rotatable bonds is 10. The van der Waals surface area contributed by atoms with Gasteiger partial charge in [0.2, 0.25) is 0 Å². The Morgan fingerprint density at radius 1 is 1.05 bits per heavy atom. The van der Waals surface area contributed by atoms with Gasteiger partial charge in [-0.25, -0.2) is 0 Å². The van der Waals surface area contributed by atoms with E-state index in [0.717, 1.165) is 6.54 Å². The summed E-state index contributed by atoms with van der Waals surface area (Å²) in [7, 11) is 0. The highest BCUT2D eigenvalue weighted by Gasteiger charge is 2.13. The topological polar surface area (TPSA) is 12.0 Å². The number of halogens is 1. The van der Waals surface area contributed by atoms with E-state index in [1.54, 1.807) is 0 Å². The maximum Gasteiger partial charge on any atom is 0.0331 e. The molecule has 1 aromatic carbocycles. The Morgan fingerprint density at radius 2 is 1.75 bits per heavy atom. The summed E-state index contributed by atoms with van der Waals surface area (Å²) in [5, 5.41) is 3.64. The van der Waals surface area contributed by atoms with Crippen LogP contribution in [-0.4, -0.2) is 6.54 Å². The molecule has 1 nitrogen and oxygen atoms in total. The van der Waals surface area contributed by atoms with Crippen molar-refractivity contribution in [1.82, 2.24) is 5.32 Å². The number of benzene rings is 1. The maximum atomic E-state index is 3.75. The molecule has 1 unspecified atom stereocenters. The fourth-order valence-electron chi connectivity index (χ4n) is 2.68. The lowest BCUT2D eigenvalue weighted by Gasteiger charge is -2.20. The number of hydrogen-bond acceptors (Lipinski definition) is 1. The Morgan fingerprint density at radius 3 is 2.45 bits per heavy atom. The lowest BCUT2D eigenvalue weighted by molar-refractivity contribution is 0.475. The Bertz CT molecular complexity index is 376. The molecule has 0 spiro atoms. The Balaban J connectivity index is 2.49. The van der Waals surface area contributed by atoms with Crippen LogP contribution in [0.2, 0.25) is 0 Å². The molecule has 0 fully saturated rings. The molecule has 0 aliphatic rings. The number of unbranched alkanes of at least 4 members (excludes halogenated alkanes) is 5. The normalized spacial score (nSPS) is 12.6. The molecule has 1 N–H and O–H groups in total. The largest absolute Gasteiger partial charge is 0.310 e. The van der Waals surface area contributed by atoms with Crippen molar-refractivity contribution in [3.63, 3.8) is 0 Å². The SMILES string of the molecule is CCCCCCCCC(NCC)c1cccc(C)c1Br. The average molecular weight is 340 g/mol. The lowest BCUT2D eigenvalue weighted by Crippen LogP contribution is -2.21. The maximum absolute atomic E-state index is 3.75. The first kappa shape index (κ1) is 17.7. The lowest BCUT2D eigenvalue weighted by atomic mass is 9.98. The van der Waals surface area contributed by atoms with Crippen LogP contribution in [0, 0.1) is 6.92 Å². The molecular weight excluding hydrogens is 310 g/mol. The molecule has 0 aliphatic carbocycles. The van der Waals surface area contributed by atoms with Crippen LogP contribution in [0.5, 0.6) is 0 Å². The molecule has 114 valence electrons. The van der Waals surface area contributed by atoms with E-state index in [4.69, 9.17) is 0 Å². The summed E-state index contributed by atoms with van der Waals surface area (Å²) in [5.74, 6) is 0. The third-order valence-electron chi connectivity index (χ3n) is 3.89. The molecule has 1 rings (SSSR count). The minimum absolute atomic E-state index is 0.487. The molecule has 0 amide bonds. The van der Waals surface area contributed by atoms with Crippen molar-refractivity contribution >= 4 is 15.9 Å². The quantitative estimate of drug-likeness (QED) is 0.503. The van der Waals surface area contributed by atoms with Crippen molar-refractivity contribution in [3.05, 3.63) is 33.8 Å². The van der Waals surface area contributed by atoms with Gasteiger partial charge in [-0.3, -0.25) is 0 Å². The van der Waals surface area contributed by atoms with Gasteiger partial charge in [0.1, 0.15) is 0 Å². The van der Waals surface area contributed by atoms with Crippen molar-refractivity contribution in [2.75, 3.05) is 6.54 Å². The van der Waals surface area contributed by atoms with E-state index in [1.165, 1.54) is 60.5 Å². The number of aryl methyl sites for hydroxylation is 1. The second-order valence-corrected chi connectivity index (χ2v) is 6.44. The predicted octanol–water partition coefficient (Wildman–Crippen LogP) is 6.16. The third kappa shape index (κ3) is 5.97. The van der Waals surface area contributed by atoms with E-state index in [-0.39, 0.29) is 0 Å². The summed E-state index contributed by atoms with van der Waals surface area (Å²) >= 11 is 3.75. The molecule has 0 heterocycles. The van der Waals surface area contributed by atoms with Gasteiger partial charge in [-0.15, -0.1) is 0 Å². The third-order valence-corrected chi connectivity index (χ3v) is 4.98. The van der Waals surface area contributed by atoms with Gasteiger partial charge in [-0.1, -0.05) is 86.5 Å². The van der Waals surface area contributed by atoms with Crippen molar-refractivity contribution in [3.8, 4) is 0 Å². The molecule has 20 heavy (non-hydrogen) atoms. The zero-order chi connectivity index (χ0) is 14.8. The summed E-state index contributed by atoms with van der Waals surface area (Å²) < 4.78 is 1.27. The van der Waals surface area contributed by atoms with Gasteiger partial charge in [0.15, 0.2) is 0 Å². The Kier molecular flexibility index (Phi) is 9.21. The van der Waals surface area contributed by atoms with Gasteiger partial charge in [0, 0.05) is 10.5 Å². The van der Waals surface area contributed by atoms with Crippen LogP contribution in [0.1, 0.15) is 76.0 Å². The minimum atomic E-state index is 0.487. The second-order valence-electron chi connectivity index (χ2n) is 5.64. The number of nitrogens with one attached hydrogen (secondary N) is 1. The predicted molar refractivity (Wildman–Crippen MR) is 93.3 cm³/mol. The van der Waals surface area contributed by atoms with Crippen LogP contribution in [0.15, 0.2) is 22.7 Å². The molecule has 0 bridgehead atoms. The van der Waals surface area contributed by atoms with Gasteiger partial charge in [0.25, 0.3) is 0 Å². The average Bonchev–Trinajstić information content (AvgIpc) is 2.45. The van der Waals surface area contributed by atoms with Crippen molar-refractivity contribution in [2.45, 2.75) is 71.8 Å². The molecule has 0 radical (unpaired) electrons. The summed E-state index contributed by atoms with van der Waals surface area (Å²) in [5.41, 5.74) is 2.74. The fraction of sp³-hybridized carbons (Fsp3) is 0.667. The van der Waals surface area contributed by atoms with Crippen molar-refractivity contribution in [2.24, 2.45) is 0 Å². The molecule has 0 aromatic heterocycles. The van der Waals surface area contributed by atoms with E-state index < -0.39 is 0 Å². The first-order valence-electron chi connectivity index (χ1n) is 8.19. The highest BCUT2D eigenvalue weighted by molar-refractivity contribution is 9.10. The van der Waals surface area contributed by atoms with E-state index in [2.05, 4.69) is 60.2 Å².